The fourth-order valence-electron chi connectivity index (χ4n) is 3.14. The molecule has 0 unspecified atom stereocenters. The van der Waals surface area contributed by atoms with Gasteiger partial charge in [0, 0.05) is 31.2 Å². The minimum absolute atomic E-state index is 0.131. The van der Waals surface area contributed by atoms with Gasteiger partial charge in [0.15, 0.2) is 6.61 Å². The first-order chi connectivity index (χ1) is 14.9. The van der Waals surface area contributed by atoms with E-state index in [1.165, 1.54) is 27.4 Å². The van der Waals surface area contributed by atoms with Crippen molar-refractivity contribution in [3.8, 4) is 11.4 Å². The maximum atomic E-state index is 12.7. The summed E-state index contributed by atoms with van der Waals surface area (Å²) in [4.78, 5) is 14.3. The van der Waals surface area contributed by atoms with E-state index in [2.05, 4.69) is 15.5 Å². The molecule has 0 atom stereocenters. The van der Waals surface area contributed by atoms with Gasteiger partial charge in [-0.3, -0.25) is 4.79 Å². The van der Waals surface area contributed by atoms with Gasteiger partial charge in [0.25, 0.3) is 5.91 Å². The zero-order valence-corrected chi connectivity index (χ0v) is 17.9. The van der Waals surface area contributed by atoms with Gasteiger partial charge in [-0.25, -0.2) is 13.1 Å². The Morgan fingerprint density at radius 1 is 1.00 bits per heavy atom. The number of tetrazole rings is 1. The van der Waals surface area contributed by atoms with Crippen molar-refractivity contribution in [2.24, 2.45) is 0 Å². The third-order valence-electron chi connectivity index (χ3n) is 4.86. The van der Waals surface area contributed by atoms with Crippen molar-refractivity contribution < 1.29 is 17.9 Å². The van der Waals surface area contributed by atoms with E-state index >= 15 is 0 Å². The average Bonchev–Trinajstić information content (AvgIpc) is 3.33. The summed E-state index contributed by atoms with van der Waals surface area (Å²) < 4.78 is 33.9. The number of piperazine rings is 1. The quantitative estimate of drug-likeness (QED) is 0.541. The van der Waals surface area contributed by atoms with E-state index in [4.69, 9.17) is 16.3 Å². The first-order valence-corrected chi connectivity index (χ1v) is 11.2. The van der Waals surface area contributed by atoms with Crippen LogP contribution in [0.15, 0.2) is 59.8 Å². The normalized spacial score (nSPS) is 15.1. The van der Waals surface area contributed by atoms with Gasteiger partial charge in [0.05, 0.1) is 10.6 Å². The van der Waals surface area contributed by atoms with E-state index in [0.29, 0.717) is 23.9 Å². The molecule has 0 N–H and O–H groups in total. The Morgan fingerprint density at radius 3 is 2.29 bits per heavy atom. The number of carbonyl (C=O) groups is 1. The molecule has 1 fully saturated rings. The van der Waals surface area contributed by atoms with Crippen LogP contribution in [0, 0.1) is 0 Å². The fourth-order valence-corrected chi connectivity index (χ4v) is 4.69. The van der Waals surface area contributed by atoms with Crippen LogP contribution in [0.2, 0.25) is 5.02 Å². The van der Waals surface area contributed by atoms with Crippen LogP contribution >= 0.6 is 11.6 Å². The van der Waals surface area contributed by atoms with E-state index in [1.54, 1.807) is 41.3 Å². The largest absolute Gasteiger partial charge is 0.484 e. The van der Waals surface area contributed by atoms with Gasteiger partial charge >= 0.3 is 0 Å². The number of nitrogens with zero attached hydrogens (tertiary/aromatic N) is 6. The van der Waals surface area contributed by atoms with Gasteiger partial charge in [-0.1, -0.05) is 11.6 Å². The number of carbonyl (C=O) groups excluding carboxylic acids is 1. The second-order valence-corrected chi connectivity index (χ2v) is 9.15. The lowest BCUT2D eigenvalue weighted by atomic mass is 10.3. The maximum Gasteiger partial charge on any atom is 0.260 e. The molecule has 0 aliphatic carbocycles. The van der Waals surface area contributed by atoms with Crippen molar-refractivity contribution in [3.63, 3.8) is 0 Å². The average molecular weight is 463 g/mol. The van der Waals surface area contributed by atoms with Gasteiger partial charge in [-0.05, 0) is 59.0 Å². The van der Waals surface area contributed by atoms with Gasteiger partial charge < -0.3 is 9.64 Å². The summed E-state index contributed by atoms with van der Waals surface area (Å²) in [5.74, 6) is 0.335. The van der Waals surface area contributed by atoms with Crippen molar-refractivity contribution >= 4 is 27.5 Å². The monoisotopic (exact) mass is 462 g/mol. The molecule has 10 nitrogen and oxygen atoms in total. The number of hydrogen-bond donors (Lipinski definition) is 0. The van der Waals surface area contributed by atoms with Crippen LogP contribution in [0.5, 0.6) is 5.75 Å². The Labute approximate surface area is 184 Å². The maximum absolute atomic E-state index is 12.7. The van der Waals surface area contributed by atoms with Crippen LogP contribution in [0.4, 0.5) is 0 Å². The van der Waals surface area contributed by atoms with Crippen molar-refractivity contribution in [1.29, 1.82) is 0 Å². The molecule has 4 rings (SSSR count). The van der Waals surface area contributed by atoms with E-state index < -0.39 is 10.0 Å². The molecule has 1 aliphatic heterocycles. The Bertz CT molecular complexity index is 1130. The lowest BCUT2D eigenvalue weighted by Crippen LogP contribution is -2.51. The summed E-state index contributed by atoms with van der Waals surface area (Å²) in [7, 11) is -3.62. The highest BCUT2D eigenvalue weighted by molar-refractivity contribution is 7.89. The molecule has 3 aromatic rings. The summed E-state index contributed by atoms with van der Waals surface area (Å²) in [5, 5.41) is 11.4. The molecular formula is C19H19ClN6O4S. The first kappa shape index (κ1) is 21.2. The van der Waals surface area contributed by atoms with Crippen LogP contribution in [-0.2, 0) is 14.8 Å². The number of rotatable bonds is 6. The molecule has 12 heteroatoms. The topological polar surface area (TPSA) is 111 Å². The van der Waals surface area contributed by atoms with Gasteiger partial charge in [-0.2, -0.15) is 4.31 Å². The van der Waals surface area contributed by atoms with Crippen LogP contribution in [-0.4, -0.2) is 76.5 Å². The number of ether oxygens (including phenoxy) is 1. The number of hydrogen-bond acceptors (Lipinski definition) is 7. The van der Waals surface area contributed by atoms with Crippen molar-refractivity contribution in [2.45, 2.75) is 4.90 Å². The summed E-state index contributed by atoms with van der Waals surface area (Å²) in [6.45, 7) is 0.906. The lowest BCUT2D eigenvalue weighted by molar-refractivity contribution is -0.134. The number of aromatic nitrogens is 4. The number of benzene rings is 2. The molecular weight excluding hydrogens is 444 g/mol. The molecule has 0 saturated carbocycles. The molecule has 162 valence electrons. The molecule has 0 spiro atoms. The second-order valence-electron chi connectivity index (χ2n) is 6.78. The molecule has 1 aromatic heterocycles. The molecule has 1 amide bonds. The zero-order valence-electron chi connectivity index (χ0n) is 16.3. The number of amides is 1. The second kappa shape index (κ2) is 9.00. The summed E-state index contributed by atoms with van der Waals surface area (Å²) in [6.07, 6.45) is 1.48. The molecule has 2 heterocycles. The van der Waals surface area contributed by atoms with Crippen molar-refractivity contribution in [1.82, 2.24) is 29.4 Å². The van der Waals surface area contributed by atoms with Crippen molar-refractivity contribution in [3.05, 3.63) is 59.9 Å². The highest BCUT2D eigenvalue weighted by Crippen LogP contribution is 2.20. The Hall–Kier alpha value is -3.02. The molecule has 31 heavy (non-hydrogen) atoms. The van der Waals surface area contributed by atoms with Gasteiger partial charge in [0.1, 0.15) is 12.1 Å². The first-order valence-electron chi connectivity index (χ1n) is 9.43. The highest BCUT2D eigenvalue weighted by Gasteiger charge is 2.30. The summed E-state index contributed by atoms with van der Waals surface area (Å²) >= 11 is 5.83. The van der Waals surface area contributed by atoms with Gasteiger partial charge in [-0.15, -0.1) is 5.10 Å². The van der Waals surface area contributed by atoms with E-state index in [1.807, 2.05) is 0 Å². The summed E-state index contributed by atoms with van der Waals surface area (Å²) in [5.41, 5.74) is 0.765. The SMILES string of the molecule is O=C(COc1ccc(-n2cnnn2)cc1)N1CCN(S(=O)(=O)c2ccc(Cl)cc2)CC1. The smallest absolute Gasteiger partial charge is 0.260 e. The zero-order chi connectivity index (χ0) is 21.8. The van der Waals surface area contributed by atoms with Gasteiger partial charge in [0.2, 0.25) is 10.0 Å². The Kier molecular flexibility index (Phi) is 6.16. The van der Waals surface area contributed by atoms with Crippen molar-refractivity contribution in [2.75, 3.05) is 32.8 Å². The van der Waals surface area contributed by atoms with Crippen LogP contribution < -0.4 is 4.74 Å². The third kappa shape index (κ3) is 4.84. The fraction of sp³-hybridized carbons (Fsp3) is 0.263. The number of sulfonamides is 1. The van der Waals surface area contributed by atoms with Crippen LogP contribution in [0.3, 0.4) is 0 Å². The third-order valence-corrected chi connectivity index (χ3v) is 7.02. The molecule has 2 aromatic carbocycles. The standard InChI is InChI=1S/C19H19ClN6O4S/c20-15-1-7-18(8-2-15)31(28,29)25-11-9-24(10-12-25)19(27)13-30-17-5-3-16(4-6-17)26-14-21-22-23-26/h1-8,14H,9-13H2. The van der Waals surface area contributed by atoms with Crippen LogP contribution in [0.25, 0.3) is 5.69 Å². The summed E-state index contributed by atoms with van der Waals surface area (Å²) in [6, 6.07) is 13.0. The van der Waals surface area contributed by atoms with Crippen LogP contribution in [0.1, 0.15) is 0 Å². The minimum Gasteiger partial charge on any atom is -0.484 e. The number of halogens is 1. The Morgan fingerprint density at radius 2 is 1.68 bits per heavy atom. The van der Waals surface area contributed by atoms with E-state index in [0.717, 1.165) is 5.69 Å². The highest BCUT2D eigenvalue weighted by atomic mass is 35.5. The molecule has 0 bridgehead atoms. The predicted molar refractivity (Wildman–Crippen MR) is 111 cm³/mol. The lowest BCUT2D eigenvalue weighted by Gasteiger charge is -2.34. The molecule has 1 aliphatic rings. The molecule has 1 saturated heterocycles. The molecule has 0 radical (unpaired) electrons. The predicted octanol–water partition coefficient (Wildman–Crippen LogP) is 1.23. The Balaban J connectivity index is 1.29. The van der Waals surface area contributed by atoms with E-state index in [-0.39, 0.29) is 30.5 Å². The van der Waals surface area contributed by atoms with E-state index in [9.17, 15) is 13.2 Å². The minimum atomic E-state index is -3.62.